The lowest BCUT2D eigenvalue weighted by Crippen LogP contribution is -2.39. The lowest BCUT2D eigenvalue weighted by Gasteiger charge is -2.33. The van der Waals surface area contributed by atoms with Gasteiger partial charge >= 0.3 is 0 Å². The maximum atomic E-state index is 12.3. The smallest absolute Gasteiger partial charge is 0.265 e. The van der Waals surface area contributed by atoms with Crippen LogP contribution >= 0.6 is 0 Å². The van der Waals surface area contributed by atoms with Gasteiger partial charge in [-0.1, -0.05) is 24.3 Å². The Balaban J connectivity index is 1.21. The fraction of sp³-hybridized carbons (Fsp3) is 0.417. The molecule has 2 aromatic carbocycles. The summed E-state index contributed by atoms with van der Waals surface area (Å²) in [6.07, 6.45) is 4.62. The molecule has 2 aromatic rings. The average molecular weight is 389 g/mol. The normalized spacial score (nSPS) is 17.5. The molecule has 0 unspecified atom stereocenters. The van der Waals surface area contributed by atoms with Gasteiger partial charge in [0.1, 0.15) is 5.75 Å². The van der Waals surface area contributed by atoms with E-state index in [1.807, 2.05) is 41.3 Å². The number of anilines is 1. The molecule has 2 aliphatic heterocycles. The predicted octanol–water partition coefficient (Wildman–Crippen LogP) is 3.98. The van der Waals surface area contributed by atoms with Gasteiger partial charge in [0, 0.05) is 13.1 Å². The quantitative estimate of drug-likeness (QED) is 0.750. The molecule has 0 bridgehead atoms. The molecule has 5 heteroatoms. The number of hydrogen-bond donors (Lipinski definition) is 0. The summed E-state index contributed by atoms with van der Waals surface area (Å²) in [6.45, 7) is 4.10. The fourth-order valence-electron chi connectivity index (χ4n) is 4.31. The minimum atomic E-state index is 0.0564. The summed E-state index contributed by atoms with van der Waals surface area (Å²) in [5.41, 5.74) is 2.89. The van der Waals surface area contributed by atoms with Crippen molar-refractivity contribution in [3.8, 4) is 11.8 Å². The highest BCUT2D eigenvalue weighted by Gasteiger charge is 2.25. The van der Waals surface area contributed by atoms with E-state index in [1.54, 1.807) is 0 Å². The van der Waals surface area contributed by atoms with Crippen molar-refractivity contribution in [1.82, 2.24) is 4.90 Å². The zero-order chi connectivity index (χ0) is 20.1. The molecule has 5 nitrogen and oxygen atoms in total. The molecule has 29 heavy (non-hydrogen) atoms. The van der Waals surface area contributed by atoms with Crippen LogP contribution in [0.4, 0.5) is 5.69 Å². The number of carbonyl (C=O) groups is 1. The van der Waals surface area contributed by atoms with E-state index in [1.165, 1.54) is 18.4 Å². The van der Waals surface area contributed by atoms with Gasteiger partial charge in [-0.15, -0.1) is 0 Å². The third-order valence-electron chi connectivity index (χ3n) is 6.00. The number of nitrogens with zero attached hydrogens (tertiary/aromatic N) is 3. The molecule has 2 heterocycles. The van der Waals surface area contributed by atoms with Crippen molar-refractivity contribution in [2.45, 2.75) is 32.2 Å². The third-order valence-corrected chi connectivity index (χ3v) is 6.00. The summed E-state index contributed by atoms with van der Waals surface area (Å²) in [5, 5.41) is 8.91. The molecule has 0 N–H and O–H groups in total. The van der Waals surface area contributed by atoms with Gasteiger partial charge in [-0.2, -0.15) is 5.26 Å². The zero-order valence-corrected chi connectivity index (χ0v) is 16.7. The van der Waals surface area contributed by atoms with Crippen LogP contribution in [0.5, 0.6) is 5.75 Å². The molecule has 150 valence electrons. The molecule has 0 aromatic heterocycles. The van der Waals surface area contributed by atoms with Gasteiger partial charge in [0.25, 0.3) is 5.91 Å². The van der Waals surface area contributed by atoms with Crippen molar-refractivity contribution in [3.63, 3.8) is 0 Å². The van der Waals surface area contributed by atoms with Crippen LogP contribution < -0.4 is 9.64 Å². The third kappa shape index (κ3) is 4.78. The second kappa shape index (κ2) is 9.11. The number of benzene rings is 2. The van der Waals surface area contributed by atoms with Crippen LogP contribution in [0.2, 0.25) is 0 Å². The van der Waals surface area contributed by atoms with Crippen LogP contribution in [0.1, 0.15) is 36.8 Å². The highest BCUT2D eigenvalue weighted by molar-refractivity contribution is 5.97. The number of ether oxygens (including phenoxy) is 1. The minimum absolute atomic E-state index is 0.0564. The van der Waals surface area contributed by atoms with Crippen LogP contribution in [0.3, 0.4) is 0 Å². The summed E-state index contributed by atoms with van der Waals surface area (Å²) in [5.74, 6) is 1.60. The van der Waals surface area contributed by atoms with E-state index in [2.05, 4.69) is 23.1 Å². The second-order valence-electron chi connectivity index (χ2n) is 7.97. The van der Waals surface area contributed by atoms with Crippen LogP contribution in [-0.4, -0.2) is 37.0 Å². The Bertz CT molecular complexity index is 880. The number of piperidine rings is 1. The van der Waals surface area contributed by atoms with E-state index in [0.29, 0.717) is 5.56 Å². The molecular formula is C24H27N3O2. The number of nitriles is 1. The standard InChI is InChI=1S/C24H27N3O2/c25-16-20-7-9-21(10-8-20)17-26-14-11-19(12-15-26)4-3-13-27-22-5-1-2-6-23(22)29-18-24(27)28/h1-2,5-10,19H,3-4,11-15,17-18H2. The number of fused-ring (bicyclic) bond motifs is 1. The van der Waals surface area contributed by atoms with Gasteiger partial charge in [-0.05, 0) is 74.5 Å². The summed E-state index contributed by atoms with van der Waals surface area (Å²) >= 11 is 0. The molecule has 0 atom stereocenters. The first-order valence-corrected chi connectivity index (χ1v) is 10.5. The monoisotopic (exact) mass is 389 g/mol. The molecule has 4 rings (SSSR count). The Kier molecular flexibility index (Phi) is 6.12. The Hall–Kier alpha value is -2.84. The lowest BCUT2D eigenvalue weighted by molar-refractivity contribution is -0.121. The van der Waals surface area contributed by atoms with Crippen molar-refractivity contribution in [3.05, 3.63) is 59.7 Å². The SMILES string of the molecule is N#Cc1ccc(CN2CCC(CCCN3C(=O)COc4ccccc43)CC2)cc1. The van der Waals surface area contributed by atoms with Crippen molar-refractivity contribution in [2.24, 2.45) is 5.92 Å². The molecule has 0 saturated carbocycles. The van der Waals surface area contributed by atoms with Crippen molar-refractivity contribution in [1.29, 1.82) is 5.26 Å². The summed E-state index contributed by atoms with van der Waals surface area (Å²) in [4.78, 5) is 16.7. The second-order valence-corrected chi connectivity index (χ2v) is 7.97. The Labute approximate surface area is 172 Å². The van der Waals surface area contributed by atoms with Crippen molar-refractivity contribution in [2.75, 3.05) is 31.1 Å². The first kappa shape index (κ1) is 19.5. The van der Waals surface area contributed by atoms with E-state index in [9.17, 15) is 4.79 Å². The number of carbonyl (C=O) groups excluding carboxylic acids is 1. The van der Waals surface area contributed by atoms with Crippen molar-refractivity contribution < 1.29 is 9.53 Å². The Morgan fingerprint density at radius 1 is 1.07 bits per heavy atom. The zero-order valence-electron chi connectivity index (χ0n) is 16.7. The molecule has 0 radical (unpaired) electrons. The summed E-state index contributed by atoms with van der Waals surface area (Å²) in [6, 6.07) is 17.9. The molecule has 1 fully saturated rings. The molecule has 1 saturated heterocycles. The molecule has 0 spiro atoms. The van der Waals surface area contributed by atoms with Crippen LogP contribution in [0, 0.1) is 17.2 Å². The van der Waals surface area contributed by atoms with Gasteiger partial charge in [0.15, 0.2) is 6.61 Å². The maximum Gasteiger partial charge on any atom is 0.265 e. The van der Waals surface area contributed by atoms with E-state index in [-0.39, 0.29) is 12.5 Å². The molecular weight excluding hydrogens is 362 g/mol. The number of hydrogen-bond acceptors (Lipinski definition) is 4. The maximum absolute atomic E-state index is 12.3. The molecule has 2 aliphatic rings. The number of para-hydroxylation sites is 2. The largest absolute Gasteiger partial charge is 0.482 e. The van der Waals surface area contributed by atoms with E-state index >= 15 is 0 Å². The highest BCUT2D eigenvalue weighted by atomic mass is 16.5. The predicted molar refractivity (Wildman–Crippen MR) is 113 cm³/mol. The first-order valence-electron chi connectivity index (χ1n) is 10.5. The van der Waals surface area contributed by atoms with Crippen LogP contribution in [-0.2, 0) is 11.3 Å². The molecule has 1 amide bonds. The topological polar surface area (TPSA) is 56.6 Å². The van der Waals surface area contributed by atoms with Gasteiger partial charge in [-0.25, -0.2) is 0 Å². The summed E-state index contributed by atoms with van der Waals surface area (Å²) < 4.78 is 5.52. The average Bonchev–Trinajstić information content (AvgIpc) is 2.77. The van der Waals surface area contributed by atoms with Gasteiger partial charge < -0.3 is 9.64 Å². The minimum Gasteiger partial charge on any atom is -0.482 e. The van der Waals surface area contributed by atoms with E-state index in [4.69, 9.17) is 10.00 Å². The van der Waals surface area contributed by atoms with Gasteiger partial charge in [0.2, 0.25) is 0 Å². The molecule has 0 aliphatic carbocycles. The number of amides is 1. The summed E-state index contributed by atoms with van der Waals surface area (Å²) in [7, 11) is 0. The van der Waals surface area contributed by atoms with Crippen LogP contribution in [0.15, 0.2) is 48.5 Å². The first-order chi connectivity index (χ1) is 14.2. The fourth-order valence-corrected chi connectivity index (χ4v) is 4.31. The highest BCUT2D eigenvalue weighted by Crippen LogP contribution is 2.32. The van der Waals surface area contributed by atoms with Gasteiger partial charge in [0.05, 0.1) is 17.3 Å². The lowest BCUT2D eigenvalue weighted by atomic mass is 9.92. The van der Waals surface area contributed by atoms with E-state index in [0.717, 1.165) is 56.4 Å². The Morgan fingerprint density at radius 2 is 1.83 bits per heavy atom. The van der Waals surface area contributed by atoms with Crippen molar-refractivity contribution >= 4 is 11.6 Å². The van der Waals surface area contributed by atoms with Gasteiger partial charge in [-0.3, -0.25) is 9.69 Å². The number of likely N-dealkylation sites (tertiary alicyclic amines) is 1. The number of rotatable bonds is 6. The van der Waals surface area contributed by atoms with Crippen LogP contribution in [0.25, 0.3) is 0 Å². The Morgan fingerprint density at radius 3 is 2.59 bits per heavy atom. The van der Waals surface area contributed by atoms with E-state index < -0.39 is 0 Å².